The van der Waals surface area contributed by atoms with Crippen molar-refractivity contribution in [1.29, 1.82) is 0 Å². The van der Waals surface area contributed by atoms with E-state index in [1.54, 1.807) is 0 Å². The molecule has 2 heterocycles. The largest absolute Gasteiger partial charge is 0.463 e. The summed E-state index contributed by atoms with van der Waals surface area (Å²) in [7, 11) is 1.36. The molecule has 17 heavy (non-hydrogen) atoms. The van der Waals surface area contributed by atoms with E-state index in [2.05, 4.69) is 21.9 Å². The van der Waals surface area contributed by atoms with Gasteiger partial charge in [0.2, 0.25) is 5.76 Å². The number of esters is 1. The van der Waals surface area contributed by atoms with Gasteiger partial charge in [0.15, 0.2) is 0 Å². The second-order valence-corrected chi connectivity index (χ2v) is 4.36. The fourth-order valence-corrected chi connectivity index (χ4v) is 2.13. The van der Waals surface area contributed by atoms with Crippen molar-refractivity contribution in [2.45, 2.75) is 19.5 Å². The first-order valence-corrected chi connectivity index (χ1v) is 5.81. The van der Waals surface area contributed by atoms with Crippen LogP contribution >= 0.6 is 0 Å². The molecule has 1 N–H and O–H groups in total. The number of carbonyl (C=O) groups excluding carboxylic acids is 1. The molecule has 0 spiro atoms. The zero-order chi connectivity index (χ0) is 12.3. The molecule has 0 aromatic carbocycles. The Bertz CT molecular complexity index is 389. The van der Waals surface area contributed by atoms with Crippen molar-refractivity contribution in [2.75, 3.05) is 26.7 Å². The summed E-state index contributed by atoms with van der Waals surface area (Å²) in [4.78, 5) is 13.8. The highest BCUT2D eigenvalue weighted by Crippen LogP contribution is 2.15. The maximum Gasteiger partial charge on any atom is 0.374 e. The van der Waals surface area contributed by atoms with E-state index in [-0.39, 0.29) is 0 Å². The van der Waals surface area contributed by atoms with Crippen LogP contribution in [0, 0.1) is 0 Å². The number of piperazine rings is 1. The molecule has 0 radical (unpaired) electrons. The Labute approximate surface area is 101 Å². The minimum atomic E-state index is -0.409. The topological polar surface area (TPSA) is 54.7 Å². The van der Waals surface area contributed by atoms with Crippen LogP contribution in [0.3, 0.4) is 0 Å². The van der Waals surface area contributed by atoms with Crippen LogP contribution in [-0.2, 0) is 11.3 Å². The monoisotopic (exact) mass is 238 g/mol. The molecule has 2 rings (SSSR count). The van der Waals surface area contributed by atoms with Gasteiger partial charge in [0.25, 0.3) is 0 Å². The first kappa shape index (κ1) is 12.1. The molecule has 1 saturated heterocycles. The third-order valence-corrected chi connectivity index (χ3v) is 2.96. The van der Waals surface area contributed by atoms with Crippen LogP contribution in [0.1, 0.15) is 23.0 Å². The maximum atomic E-state index is 11.5. The number of methoxy groups -OCH3 is 1. The molecular weight excluding hydrogens is 220 g/mol. The zero-order valence-electron chi connectivity index (χ0n) is 10.2. The molecule has 1 aliphatic heterocycles. The lowest BCUT2D eigenvalue weighted by molar-refractivity contribution is 0.0561. The zero-order valence-corrected chi connectivity index (χ0v) is 10.2. The molecule has 1 aliphatic rings. The normalized spacial score (nSPS) is 21.4. The van der Waals surface area contributed by atoms with Gasteiger partial charge in [-0.1, -0.05) is 0 Å². The van der Waals surface area contributed by atoms with E-state index in [1.807, 2.05) is 6.07 Å². The second-order valence-electron chi connectivity index (χ2n) is 4.36. The van der Waals surface area contributed by atoms with Gasteiger partial charge < -0.3 is 14.5 Å². The minimum absolute atomic E-state index is 0.318. The van der Waals surface area contributed by atoms with Crippen LogP contribution in [0.25, 0.3) is 0 Å². The molecule has 5 heteroatoms. The van der Waals surface area contributed by atoms with Gasteiger partial charge in [-0.15, -0.1) is 0 Å². The van der Waals surface area contributed by atoms with Crippen molar-refractivity contribution < 1.29 is 13.9 Å². The third kappa shape index (κ3) is 2.87. The van der Waals surface area contributed by atoms with Gasteiger partial charge in [-0.2, -0.15) is 0 Å². The number of hydrogen-bond acceptors (Lipinski definition) is 5. The van der Waals surface area contributed by atoms with E-state index in [0.717, 1.165) is 31.7 Å². The van der Waals surface area contributed by atoms with Crippen molar-refractivity contribution in [2.24, 2.45) is 0 Å². The van der Waals surface area contributed by atoms with Gasteiger partial charge in [0, 0.05) is 37.8 Å². The summed E-state index contributed by atoms with van der Waals surface area (Å²) in [6.45, 7) is 5.82. The van der Waals surface area contributed by atoms with E-state index < -0.39 is 5.97 Å². The molecule has 0 bridgehead atoms. The Morgan fingerprint density at radius 2 is 2.53 bits per heavy atom. The van der Waals surface area contributed by atoms with Gasteiger partial charge in [-0.05, 0) is 13.0 Å². The fraction of sp³-hybridized carbons (Fsp3) is 0.583. The fourth-order valence-electron chi connectivity index (χ4n) is 2.13. The SMILES string of the molecule is COC(=O)c1occc1CN1CCN[C@@H](C)C1. The summed E-state index contributed by atoms with van der Waals surface area (Å²) < 4.78 is 9.85. The van der Waals surface area contributed by atoms with Crippen molar-refractivity contribution >= 4 is 5.97 Å². The van der Waals surface area contributed by atoms with Gasteiger partial charge in [0.1, 0.15) is 0 Å². The molecule has 1 aromatic rings. The Morgan fingerprint density at radius 1 is 1.71 bits per heavy atom. The Hall–Kier alpha value is -1.33. The summed E-state index contributed by atoms with van der Waals surface area (Å²) in [5.41, 5.74) is 0.894. The second kappa shape index (κ2) is 5.33. The van der Waals surface area contributed by atoms with Crippen molar-refractivity contribution in [1.82, 2.24) is 10.2 Å². The lowest BCUT2D eigenvalue weighted by Gasteiger charge is -2.31. The quantitative estimate of drug-likeness (QED) is 0.791. The smallest absolute Gasteiger partial charge is 0.374 e. The Morgan fingerprint density at radius 3 is 3.24 bits per heavy atom. The number of nitrogens with zero attached hydrogens (tertiary/aromatic N) is 1. The lowest BCUT2D eigenvalue weighted by atomic mass is 10.2. The predicted molar refractivity (Wildman–Crippen MR) is 62.8 cm³/mol. The summed E-state index contributed by atoms with van der Waals surface area (Å²) in [6.07, 6.45) is 1.53. The van der Waals surface area contributed by atoms with Crippen molar-refractivity contribution in [3.05, 3.63) is 23.7 Å². The average molecular weight is 238 g/mol. The van der Waals surface area contributed by atoms with Gasteiger partial charge in [0.05, 0.1) is 13.4 Å². The van der Waals surface area contributed by atoms with Crippen LogP contribution in [0.4, 0.5) is 0 Å². The predicted octanol–water partition coefficient (Wildman–Crippen LogP) is 0.860. The van der Waals surface area contributed by atoms with Gasteiger partial charge in [-0.3, -0.25) is 4.90 Å². The number of hydrogen-bond donors (Lipinski definition) is 1. The van der Waals surface area contributed by atoms with Crippen LogP contribution in [0.5, 0.6) is 0 Å². The van der Waals surface area contributed by atoms with Crippen molar-refractivity contribution in [3.63, 3.8) is 0 Å². The van der Waals surface area contributed by atoms with E-state index in [1.165, 1.54) is 13.4 Å². The molecule has 0 saturated carbocycles. The number of carbonyl (C=O) groups is 1. The maximum absolute atomic E-state index is 11.5. The van der Waals surface area contributed by atoms with E-state index in [4.69, 9.17) is 4.42 Å². The number of ether oxygens (including phenoxy) is 1. The van der Waals surface area contributed by atoms with Crippen LogP contribution in [0.15, 0.2) is 16.7 Å². The summed E-state index contributed by atoms with van der Waals surface area (Å²) >= 11 is 0. The van der Waals surface area contributed by atoms with Crippen molar-refractivity contribution in [3.8, 4) is 0 Å². The highest BCUT2D eigenvalue weighted by atomic mass is 16.5. The average Bonchev–Trinajstić information content (AvgIpc) is 2.76. The van der Waals surface area contributed by atoms with E-state index in [0.29, 0.717) is 11.8 Å². The highest BCUT2D eigenvalue weighted by Gasteiger charge is 2.21. The molecule has 5 nitrogen and oxygen atoms in total. The van der Waals surface area contributed by atoms with Gasteiger partial charge >= 0.3 is 5.97 Å². The first-order valence-electron chi connectivity index (χ1n) is 5.81. The van der Waals surface area contributed by atoms with Crippen LogP contribution in [-0.4, -0.2) is 43.7 Å². The van der Waals surface area contributed by atoms with Gasteiger partial charge in [-0.25, -0.2) is 4.79 Å². The molecule has 1 aromatic heterocycles. The number of rotatable bonds is 3. The van der Waals surface area contributed by atoms with E-state index >= 15 is 0 Å². The molecular formula is C12H18N2O3. The molecule has 0 amide bonds. The Kier molecular flexibility index (Phi) is 3.81. The highest BCUT2D eigenvalue weighted by molar-refractivity contribution is 5.87. The molecule has 0 unspecified atom stereocenters. The standard InChI is InChI=1S/C12H18N2O3/c1-9-7-14(5-4-13-9)8-10-3-6-17-11(10)12(15)16-2/h3,6,9,13H,4-5,7-8H2,1-2H3/t9-/m0/s1. The van der Waals surface area contributed by atoms with Crippen LogP contribution in [0.2, 0.25) is 0 Å². The summed E-state index contributed by atoms with van der Waals surface area (Å²) in [6, 6.07) is 2.32. The summed E-state index contributed by atoms with van der Waals surface area (Å²) in [5, 5.41) is 3.38. The van der Waals surface area contributed by atoms with Crippen LogP contribution < -0.4 is 5.32 Å². The number of nitrogens with one attached hydrogen (secondary N) is 1. The molecule has 0 aliphatic carbocycles. The Balaban J connectivity index is 2.03. The third-order valence-electron chi connectivity index (χ3n) is 2.96. The molecule has 94 valence electrons. The lowest BCUT2D eigenvalue weighted by Crippen LogP contribution is -2.48. The minimum Gasteiger partial charge on any atom is -0.463 e. The summed E-state index contributed by atoms with van der Waals surface area (Å²) in [5.74, 6) is -0.0909. The number of furan rings is 1. The molecule has 1 fully saturated rings. The molecule has 1 atom stereocenters. The van der Waals surface area contributed by atoms with E-state index in [9.17, 15) is 4.79 Å². The first-order chi connectivity index (χ1) is 8.20.